The number of carbonyl (C=O) groups excluding carboxylic acids is 2. The minimum absolute atomic E-state index is 0.107. The van der Waals surface area contributed by atoms with Crippen molar-refractivity contribution in [2.24, 2.45) is 0 Å². The van der Waals surface area contributed by atoms with Gasteiger partial charge in [-0.05, 0) is 18.2 Å². The van der Waals surface area contributed by atoms with E-state index in [4.69, 9.17) is 23.2 Å². The molecule has 1 unspecified atom stereocenters. The van der Waals surface area contributed by atoms with Crippen molar-refractivity contribution in [1.29, 1.82) is 0 Å². The molecule has 19 heavy (non-hydrogen) atoms. The third-order valence-electron chi connectivity index (χ3n) is 2.80. The van der Waals surface area contributed by atoms with Crippen LogP contribution < -0.4 is 10.2 Å². The molecule has 4 nitrogen and oxygen atoms in total. The molecular weight excluding hydrogens is 287 g/mol. The molecule has 2 rings (SSSR count). The van der Waals surface area contributed by atoms with Gasteiger partial charge in [0.15, 0.2) is 0 Å². The predicted octanol–water partition coefficient (Wildman–Crippen LogP) is 2.40. The zero-order valence-corrected chi connectivity index (χ0v) is 11.5. The normalized spacial score (nSPS) is 19.1. The van der Waals surface area contributed by atoms with E-state index in [1.165, 1.54) is 6.07 Å². The van der Waals surface area contributed by atoms with E-state index in [9.17, 15) is 9.59 Å². The lowest BCUT2D eigenvalue weighted by atomic mass is 10.2. The van der Waals surface area contributed by atoms with E-state index in [1.807, 2.05) is 0 Å². The number of hydrogen-bond acceptors (Lipinski definition) is 3. The summed E-state index contributed by atoms with van der Waals surface area (Å²) < 4.78 is 0. The highest BCUT2D eigenvalue weighted by Gasteiger charge is 2.39. The monoisotopic (exact) mass is 298 g/mol. The van der Waals surface area contributed by atoms with Crippen LogP contribution in [0.1, 0.15) is 6.42 Å². The maximum Gasteiger partial charge on any atom is 0.251 e. The summed E-state index contributed by atoms with van der Waals surface area (Å²) in [6.07, 6.45) is 1.74. The van der Waals surface area contributed by atoms with Crippen LogP contribution in [0.25, 0.3) is 0 Å². The van der Waals surface area contributed by atoms with Gasteiger partial charge in [0.1, 0.15) is 0 Å². The van der Waals surface area contributed by atoms with Gasteiger partial charge in [0.05, 0.1) is 23.2 Å². The highest BCUT2D eigenvalue weighted by atomic mass is 35.5. The SMILES string of the molecule is C=CCNC1CC(=O)N(c2cc(Cl)ccc2Cl)C1=O. The number of rotatable bonds is 4. The third kappa shape index (κ3) is 2.81. The molecule has 0 radical (unpaired) electrons. The van der Waals surface area contributed by atoms with E-state index < -0.39 is 6.04 Å². The van der Waals surface area contributed by atoms with Crippen molar-refractivity contribution in [3.8, 4) is 0 Å². The Balaban J connectivity index is 2.29. The zero-order valence-electron chi connectivity index (χ0n) is 10.0. The molecule has 1 heterocycles. The second-order valence-electron chi connectivity index (χ2n) is 4.12. The first kappa shape index (κ1) is 14.1. The van der Waals surface area contributed by atoms with Crippen LogP contribution in [0.2, 0.25) is 10.0 Å². The molecule has 1 aromatic rings. The Kier molecular flexibility index (Phi) is 4.24. The van der Waals surface area contributed by atoms with Crippen molar-refractivity contribution in [3.63, 3.8) is 0 Å². The zero-order chi connectivity index (χ0) is 14.0. The number of imide groups is 1. The average molecular weight is 299 g/mol. The van der Waals surface area contributed by atoms with E-state index in [0.717, 1.165) is 4.90 Å². The minimum atomic E-state index is -0.541. The molecular formula is C13H12Cl2N2O2. The van der Waals surface area contributed by atoms with Gasteiger partial charge in [0.25, 0.3) is 5.91 Å². The number of amides is 2. The number of nitrogens with one attached hydrogen (secondary N) is 1. The second kappa shape index (κ2) is 5.74. The molecule has 0 bridgehead atoms. The Morgan fingerprint density at radius 2 is 2.16 bits per heavy atom. The molecule has 0 saturated carbocycles. The lowest BCUT2D eigenvalue weighted by Gasteiger charge is -2.17. The van der Waals surface area contributed by atoms with Crippen LogP contribution >= 0.6 is 23.2 Å². The molecule has 6 heteroatoms. The molecule has 1 aromatic carbocycles. The largest absolute Gasteiger partial charge is 0.302 e. The molecule has 2 amide bonds. The first-order chi connectivity index (χ1) is 9.04. The maximum atomic E-state index is 12.2. The Hall–Kier alpha value is -1.36. The summed E-state index contributed by atoms with van der Waals surface area (Å²) >= 11 is 11.9. The number of nitrogens with zero attached hydrogens (tertiary/aromatic N) is 1. The molecule has 0 aliphatic carbocycles. The number of benzene rings is 1. The fourth-order valence-electron chi connectivity index (χ4n) is 1.93. The van der Waals surface area contributed by atoms with E-state index in [0.29, 0.717) is 22.3 Å². The smallest absolute Gasteiger partial charge is 0.251 e. The van der Waals surface area contributed by atoms with Crippen LogP contribution in [-0.4, -0.2) is 24.4 Å². The van der Waals surface area contributed by atoms with Gasteiger partial charge in [-0.1, -0.05) is 29.3 Å². The van der Waals surface area contributed by atoms with E-state index >= 15 is 0 Å². The van der Waals surface area contributed by atoms with Gasteiger partial charge >= 0.3 is 0 Å². The van der Waals surface area contributed by atoms with Crippen molar-refractivity contribution >= 4 is 40.7 Å². The first-order valence-corrected chi connectivity index (χ1v) is 6.46. The van der Waals surface area contributed by atoms with Crippen LogP contribution in [-0.2, 0) is 9.59 Å². The predicted molar refractivity (Wildman–Crippen MR) is 75.6 cm³/mol. The molecule has 0 aromatic heterocycles. The fourth-order valence-corrected chi connectivity index (χ4v) is 2.30. The highest BCUT2D eigenvalue weighted by molar-refractivity contribution is 6.37. The van der Waals surface area contributed by atoms with Crippen molar-refractivity contribution in [2.45, 2.75) is 12.5 Å². The van der Waals surface area contributed by atoms with E-state index in [1.54, 1.807) is 18.2 Å². The van der Waals surface area contributed by atoms with Crippen LogP contribution in [0.3, 0.4) is 0 Å². The molecule has 100 valence electrons. The van der Waals surface area contributed by atoms with Gasteiger partial charge in [-0.25, -0.2) is 4.90 Å². The van der Waals surface area contributed by atoms with E-state index in [-0.39, 0.29) is 18.2 Å². The highest BCUT2D eigenvalue weighted by Crippen LogP contribution is 2.32. The Morgan fingerprint density at radius 1 is 1.42 bits per heavy atom. The summed E-state index contributed by atoms with van der Waals surface area (Å²) in [5.74, 6) is -0.619. The third-order valence-corrected chi connectivity index (χ3v) is 3.36. The number of halogens is 2. The van der Waals surface area contributed by atoms with Gasteiger partial charge in [-0.2, -0.15) is 0 Å². The number of carbonyl (C=O) groups is 2. The molecule has 0 spiro atoms. The topological polar surface area (TPSA) is 49.4 Å². The lowest BCUT2D eigenvalue weighted by Crippen LogP contribution is -2.39. The van der Waals surface area contributed by atoms with Crippen LogP contribution in [0, 0.1) is 0 Å². The molecule has 1 fully saturated rings. The summed E-state index contributed by atoms with van der Waals surface area (Å²) in [5, 5.41) is 3.67. The maximum absolute atomic E-state index is 12.2. The molecule has 1 aliphatic rings. The summed E-state index contributed by atoms with van der Waals surface area (Å²) in [4.78, 5) is 25.2. The quantitative estimate of drug-likeness (QED) is 0.686. The average Bonchev–Trinajstić information content (AvgIpc) is 2.65. The number of hydrogen-bond donors (Lipinski definition) is 1. The van der Waals surface area contributed by atoms with Crippen molar-refractivity contribution in [2.75, 3.05) is 11.4 Å². The summed E-state index contributed by atoms with van der Waals surface area (Å²) in [5.41, 5.74) is 0.326. The van der Waals surface area contributed by atoms with E-state index in [2.05, 4.69) is 11.9 Å². The second-order valence-corrected chi connectivity index (χ2v) is 4.96. The van der Waals surface area contributed by atoms with Gasteiger partial charge < -0.3 is 5.32 Å². The Labute approximate surface area is 121 Å². The molecule has 1 N–H and O–H groups in total. The minimum Gasteiger partial charge on any atom is -0.302 e. The van der Waals surface area contributed by atoms with Crippen LogP contribution in [0.15, 0.2) is 30.9 Å². The lowest BCUT2D eigenvalue weighted by molar-refractivity contribution is -0.121. The molecule has 1 aliphatic heterocycles. The fraction of sp³-hybridized carbons (Fsp3) is 0.231. The standard InChI is InChI=1S/C13H12Cl2N2O2/c1-2-5-16-10-7-12(18)17(13(10)19)11-6-8(14)3-4-9(11)15/h2-4,6,10,16H,1,5,7H2. The molecule has 1 saturated heterocycles. The summed E-state index contributed by atoms with van der Waals surface area (Å²) in [6, 6.07) is 4.13. The van der Waals surface area contributed by atoms with Crippen molar-refractivity contribution in [1.82, 2.24) is 5.32 Å². The van der Waals surface area contributed by atoms with Gasteiger partial charge in [-0.3, -0.25) is 9.59 Å². The summed E-state index contributed by atoms with van der Waals surface area (Å²) in [7, 11) is 0. The molecule has 1 atom stereocenters. The van der Waals surface area contributed by atoms with Gasteiger partial charge in [-0.15, -0.1) is 6.58 Å². The Morgan fingerprint density at radius 3 is 2.84 bits per heavy atom. The first-order valence-electron chi connectivity index (χ1n) is 5.70. The van der Waals surface area contributed by atoms with Crippen molar-refractivity contribution in [3.05, 3.63) is 40.9 Å². The Bertz CT molecular complexity index is 545. The number of anilines is 1. The van der Waals surface area contributed by atoms with Crippen LogP contribution in [0.4, 0.5) is 5.69 Å². The van der Waals surface area contributed by atoms with Crippen LogP contribution in [0.5, 0.6) is 0 Å². The van der Waals surface area contributed by atoms with Gasteiger partial charge in [0.2, 0.25) is 5.91 Å². The summed E-state index contributed by atoms with van der Waals surface area (Å²) in [6.45, 7) is 4.02. The van der Waals surface area contributed by atoms with Crippen molar-refractivity contribution < 1.29 is 9.59 Å². The van der Waals surface area contributed by atoms with Gasteiger partial charge in [0, 0.05) is 11.6 Å².